The van der Waals surface area contributed by atoms with Gasteiger partial charge in [-0.25, -0.2) is 4.98 Å². The standard InChI is InChI=1S/C10H15ClN2O/c1-7(2)13-9(11)5-12-10(13)8-3-4-14-6-8/h5,7-8H,3-4,6H2,1-2H3. The molecule has 0 aromatic carbocycles. The van der Waals surface area contributed by atoms with Gasteiger partial charge in [0.1, 0.15) is 11.0 Å². The molecule has 0 spiro atoms. The zero-order chi connectivity index (χ0) is 10.1. The number of hydrogen-bond acceptors (Lipinski definition) is 2. The first kappa shape index (κ1) is 9.99. The van der Waals surface area contributed by atoms with E-state index in [1.165, 1.54) is 0 Å². The number of hydrogen-bond donors (Lipinski definition) is 0. The summed E-state index contributed by atoms with van der Waals surface area (Å²) >= 11 is 6.08. The van der Waals surface area contributed by atoms with E-state index in [1.807, 2.05) is 0 Å². The van der Waals surface area contributed by atoms with E-state index in [4.69, 9.17) is 16.3 Å². The fourth-order valence-corrected chi connectivity index (χ4v) is 2.24. The Morgan fingerprint density at radius 1 is 1.64 bits per heavy atom. The van der Waals surface area contributed by atoms with Gasteiger partial charge in [-0.05, 0) is 20.3 Å². The molecule has 4 heteroatoms. The van der Waals surface area contributed by atoms with Crippen molar-refractivity contribution in [1.82, 2.24) is 9.55 Å². The molecule has 1 aliphatic rings. The molecule has 0 amide bonds. The summed E-state index contributed by atoms with van der Waals surface area (Å²) in [6.45, 7) is 5.85. The monoisotopic (exact) mass is 214 g/mol. The third-order valence-corrected chi connectivity index (χ3v) is 2.87. The molecular formula is C10H15ClN2O. The van der Waals surface area contributed by atoms with Crippen LogP contribution in [0.3, 0.4) is 0 Å². The molecule has 0 bridgehead atoms. The van der Waals surface area contributed by atoms with E-state index in [1.54, 1.807) is 6.20 Å². The number of nitrogens with zero attached hydrogens (tertiary/aromatic N) is 2. The van der Waals surface area contributed by atoms with Gasteiger partial charge < -0.3 is 9.30 Å². The van der Waals surface area contributed by atoms with E-state index in [2.05, 4.69) is 23.4 Å². The van der Waals surface area contributed by atoms with Crippen molar-refractivity contribution in [2.45, 2.75) is 32.2 Å². The van der Waals surface area contributed by atoms with Crippen molar-refractivity contribution in [3.8, 4) is 0 Å². The van der Waals surface area contributed by atoms with Crippen LogP contribution < -0.4 is 0 Å². The highest BCUT2D eigenvalue weighted by Gasteiger charge is 2.24. The minimum atomic E-state index is 0.362. The molecule has 1 atom stereocenters. The van der Waals surface area contributed by atoms with Crippen molar-refractivity contribution < 1.29 is 4.74 Å². The Balaban J connectivity index is 2.32. The molecule has 3 nitrogen and oxygen atoms in total. The summed E-state index contributed by atoms with van der Waals surface area (Å²) in [6, 6.07) is 0.362. The number of halogens is 1. The van der Waals surface area contributed by atoms with Gasteiger partial charge in [0, 0.05) is 18.6 Å². The highest BCUT2D eigenvalue weighted by atomic mass is 35.5. The van der Waals surface area contributed by atoms with Crippen LogP contribution in [-0.2, 0) is 4.74 Å². The van der Waals surface area contributed by atoms with Crippen LogP contribution in [0.25, 0.3) is 0 Å². The highest BCUT2D eigenvalue weighted by molar-refractivity contribution is 6.29. The van der Waals surface area contributed by atoms with E-state index >= 15 is 0 Å². The van der Waals surface area contributed by atoms with E-state index in [0.717, 1.165) is 30.6 Å². The van der Waals surface area contributed by atoms with Gasteiger partial charge in [-0.15, -0.1) is 0 Å². The van der Waals surface area contributed by atoms with Crippen molar-refractivity contribution >= 4 is 11.6 Å². The molecule has 14 heavy (non-hydrogen) atoms. The fraction of sp³-hybridized carbons (Fsp3) is 0.700. The van der Waals surface area contributed by atoms with Gasteiger partial charge in [0.2, 0.25) is 0 Å². The molecule has 1 aromatic heterocycles. The summed E-state index contributed by atoms with van der Waals surface area (Å²) in [5.41, 5.74) is 0. The first-order valence-electron chi connectivity index (χ1n) is 5.00. The van der Waals surface area contributed by atoms with Gasteiger partial charge in [-0.3, -0.25) is 0 Å². The maximum atomic E-state index is 6.08. The largest absolute Gasteiger partial charge is 0.381 e. The van der Waals surface area contributed by atoms with Crippen LogP contribution >= 0.6 is 11.6 Å². The highest BCUT2D eigenvalue weighted by Crippen LogP contribution is 2.28. The summed E-state index contributed by atoms with van der Waals surface area (Å²) in [7, 11) is 0. The maximum Gasteiger partial charge on any atom is 0.129 e. The minimum Gasteiger partial charge on any atom is -0.381 e. The number of imidazole rings is 1. The lowest BCUT2D eigenvalue weighted by atomic mass is 10.1. The molecule has 1 aliphatic heterocycles. The minimum absolute atomic E-state index is 0.362. The zero-order valence-corrected chi connectivity index (χ0v) is 9.29. The van der Waals surface area contributed by atoms with Crippen molar-refractivity contribution in [2.75, 3.05) is 13.2 Å². The molecule has 1 aromatic rings. The van der Waals surface area contributed by atoms with Crippen LogP contribution in [0.5, 0.6) is 0 Å². The van der Waals surface area contributed by atoms with E-state index in [0.29, 0.717) is 12.0 Å². The molecule has 2 heterocycles. The summed E-state index contributed by atoms with van der Waals surface area (Å²) in [6.07, 6.45) is 2.79. The summed E-state index contributed by atoms with van der Waals surface area (Å²) in [5, 5.41) is 0.724. The lowest BCUT2D eigenvalue weighted by Gasteiger charge is -2.15. The quantitative estimate of drug-likeness (QED) is 0.757. The van der Waals surface area contributed by atoms with E-state index in [9.17, 15) is 0 Å². The van der Waals surface area contributed by atoms with Gasteiger partial charge in [-0.1, -0.05) is 11.6 Å². The van der Waals surface area contributed by atoms with Gasteiger partial charge in [0.05, 0.1) is 12.8 Å². The maximum absolute atomic E-state index is 6.08. The third-order valence-electron chi connectivity index (χ3n) is 2.59. The van der Waals surface area contributed by atoms with Crippen LogP contribution in [0.1, 0.15) is 38.1 Å². The first-order valence-corrected chi connectivity index (χ1v) is 5.38. The molecule has 78 valence electrons. The molecule has 1 unspecified atom stereocenters. The molecule has 0 saturated carbocycles. The number of ether oxygens (including phenoxy) is 1. The van der Waals surface area contributed by atoms with Crippen LogP contribution in [0.2, 0.25) is 5.15 Å². The van der Waals surface area contributed by atoms with Crippen molar-refractivity contribution in [3.63, 3.8) is 0 Å². The second kappa shape index (κ2) is 3.91. The SMILES string of the molecule is CC(C)n1c(Cl)cnc1C1CCOC1. The number of aromatic nitrogens is 2. The second-order valence-corrected chi connectivity index (χ2v) is 4.35. The molecule has 1 saturated heterocycles. The average molecular weight is 215 g/mol. The van der Waals surface area contributed by atoms with Crippen molar-refractivity contribution in [1.29, 1.82) is 0 Å². The van der Waals surface area contributed by atoms with Gasteiger partial charge in [0.25, 0.3) is 0 Å². The second-order valence-electron chi connectivity index (χ2n) is 3.96. The van der Waals surface area contributed by atoms with E-state index in [-0.39, 0.29) is 0 Å². The molecule has 2 rings (SSSR count). The Hall–Kier alpha value is -0.540. The topological polar surface area (TPSA) is 27.1 Å². The van der Waals surface area contributed by atoms with Crippen LogP contribution in [-0.4, -0.2) is 22.8 Å². The third kappa shape index (κ3) is 1.66. The van der Waals surface area contributed by atoms with Crippen LogP contribution in [0, 0.1) is 0 Å². The molecule has 0 N–H and O–H groups in total. The Kier molecular flexibility index (Phi) is 2.79. The summed E-state index contributed by atoms with van der Waals surface area (Å²) < 4.78 is 7.44. The zero-order valence-electron chi connectivity index (χ0n) is 8.53. The van der Waals surface area contributed by atoms with Crippen LogP contribution in [0.4, 0.5) is 0 Å². The van der Waals surface area contributed by atoms with Gasteiger partial charge in [-0.2, -0.15) is 0 Å². The Morgan fingerprint density at radius 2 is 2.43 bits per heavy atom. The average Bonchev–Trinajstić information content (AvgIpc) is 2.70. The Bertz CT molecular complexity index is 316. The first-order chi connectivity index (χ1) is 6.70. The van der Waals surface area contributed by atoms with Crippen LogP contribution in [0.15, 0.2) is 6.20 Å². The van der Waals surface area contributed by atoms with E-state index < -0.39 is 0 Å². The summed E-state index contributed by atoms with van der Waals surface area (Å²) in [5.74, 6) is 1.49. The molecular weight excluding hydrogens is 200 g/mol. The predicted octanol–water partition coefficient (Wildman–Crippen LogP) is 2.62. The number of rotatable bonds is 2. The van der Waals surface area contributed by atoms with Crippen molar-refractivity contribution in [3.05, 3.63) is 17.2 Å². The Morgan fingerprint density at radius 3 is 3.00 bits per heavy atom. The smallest absolute Gasteiger partial charge is 0.129 e. The van der Waals surface area contributed by atoms with Crippen molar-refractivity contribution in [2.24, 2.45) is 0 Å². The van der Waals surface area contributed by atoms with Gasteiger partial charge in [0.15, 0.2) is 0 Å². The fourth-order valence-electron chi connectivity index (χ4n) is 1.90. The normalized spacial score (nSPS) is 22.1. The van der Waals surface area contributed by atoms with Gasteiger partial charge >= 0.3 is 0 Å². The Labute approximate surface area is 89.0 Å². The molecule has 0 radical (unpaired) electrons. The lowest BCUT2D eigenvalue weighted by Crippen LogP contribution is -2.11. The molecule has 0 aliphatic carbocycles. The summed E-state index contributed by atoms with van der Waals surface area (Å²) in [4.78, 5) is 4.37. The molecule has 1 fully saturated rings. The lowest BCUT2D eigenvalue weighted by molar-refractivity contribution is 0.192. The predicted molar refractivity (Wildman–Crippen MR) is 55.8 cm³/mol.